The summed E-state index contributed by atoms with van der Waals surface area (Å²) in [6.07, 6.45) is 3.32. The van der Waals surface area contributed by atoms with Gasteiger partial charge in [-0.25, -0.2) is 4.99 Å². The molecular weight excluding hydrogens is 450 g/mol. The second-order valence-electron chi connectivity index (χ2n) is 6.24. The Morgan fingerprint density at radius 2 is 1.55 bits per heavy atom. The SMILES string of the molecule is O=C1/C(=C\c2ccccc2Br)N=C(c2ccccc2)N1/N=C/c1ccccc1Cl. The summed E-state index contributed by atoms with van der Waals surface area (Å²) in [5, 5.41) is 6.27. The summed E-state index contributed by atoms with van der Waals surface area (Å²) in [6, 6.07) is 24.5. The van der Waals surface area contributed by atoms with Gasteiger partial charge in [0, 0.05) is 20.6 Å². The summed E-state index contributed by atoms with van der Waals surface area (Å²) in [7, 11) is 0. The minimum absolute atomic E-state index is 0.303. The van der Waals surface area contributed by atoms with Crippen LogP contribution in [-0.2, 0) is 4.79 Å². The number of hydrazone groups is 1. The Balaban J connectivity index is 1.76. The van der Waals surface area contributed by atoms with Gasteiger partial charge in [0.05, 0.1) is 6.21 Å². The van der Waals surface area contributed by atoms with Crippen LogP contribution in [0.1, 0.15) is 16.7 Å². The van der Waals surface area contributed by atoms with E-state index < -0.39 is 0 Å². The van der Waals surface area contributed by atoms with Crippen LogP contribution in [0.25, 0.3) is 6.08 Å². The smallest absolute Gasteiger partial charge is 0.265 e. The molecule has 4 nitrogen and oxygen atoms in total. The number of carbonyl (C=O) groups is 1. The van der Waals surface area contributed by atoms with E-state index in [0.717, 1.165) is 21.2 Å². The number of amidine groups is 1. The Kier molecular flexibility index (Phi) is 5.69. The number of halogens is 2. The van der Waals surface area contributed by atoms with Crippen LogP contribution in [0, 0.1) is 0 Å². The van der Waals surface area contributed by atoms with Gasteiger partial charge in [-0.2, -0.15) is 10.1 Å². The topological polar surface area (TPSA) is 45.0 Å². The van der Waals surface area contributed by atoms with E-state index in [1.807, 2.05) is 72.8 Å². The predicted octanol–water partition coefficient (Wildman–Crippen LogP) is 5.77. The van der Waals surface area contributed by atoms with E-state index in [2.05, 4.69) is 26.0 Å². The van der Waals surface area contributed by atoms with Gasteiger partial charge in [0.25, 0.3) is 5.91 Å². The largest absolute Gasteiger partial charge is 0.298 e. The number of hydrogen-bond donors (Lipinski definition) is 0. The van der Waals surface area contributed by atoms with Crippen molar-refractivity contribution in [3.05, 3.63) is 111 Å². The lowest BCUT2D eigenvalue weighted by molar-refractivity contribution is -0.122. The van der Waals surface area contributed by atoms with Gasteiger partial charge in [-0.3, -0.25) is 4.79 Å². The third-order valence-corrected chi connectivity index (χ3v) is 5.35. The van der Waals surface area contributed by atoms with Gasteiger partial charge in [-0.15, -0.1) is 0 Å². The van der Waals surface area contributed by atoms with Crippen molar-refractivity contribution in [1.82, 2.24) is 5.01 Å². The minimum Gasteiger partial charge on any atom is -0.265 e. The summed E-state index contributed by atoms with van der Waals surface area (Å²) in [5.41, 5.74) is 2.70. The third kappa shape index (κ3) is 4.21. The van der Waals surface area contributed by atoms with E-state index in [1.165, 1.54) is 5.01 Å². The Morgan fingerprint density at radius 3 is 2.28 bits per heavy atom. The van der Waals surface area contributed by atoms with Gasteiger partial charge in [0.1, 0.15) is 5.70 Å². The van der Waals surface area contributed by atoms with Gasteiger partial charge in [-0.1, -0.05) is 94.3 Å². The Hall–Kier alpha value is -3.02. The van der Waals surface area contributed by atoms with Crippen molar-refractivity contribution < 1.29 is 4.79 Å². The Morgan fingerprint density at radius 1 is 0.897 bits per heavy atom. The molecule has 142 valence electrons. The number of nitrogens with zero attached hydrogens (tertiary/aromatic N) is 3. The molecule has 1 aliphatic rings. The summed E-state index contributed by atoms with van der Waals surface area (Å²) in [6.45, 7) is 0. The lowest BCUT2D eigenvalue weighted by atomic mass is 10.2. The third-order valence-electron chi connectivity index (χ3n) is 4.29. The van der Waals surface area contributed by atoms with Crippen LogP contribution in [0.4, 0.5) is 0 Å². The molecule has 0 saturated heterocycles. The minimum atomic E-state index is -0.303. The van der Waals surface area contributed by atoms with Crippen LogP contribution in [0.15, 0.2) is 99.1 Å². The molecule has 1 aliphatic heterocycles. The molecule has 0 bridgehead atoms. The molecule has 29 heavy (non-hydrogen) atoms. The molecule has 0 N–H and O–H groups in total. The average molecular weight is 465 g/mol. The fraction of sp³-hybridized carbons (Fsp3) is 0. The van der Waals surface area contributed by atoms with E-state index in [0.29, 0.717) is 16.6 Å². The van der Waals surface area contributed by atoms with Crippen LogP contribution in [0.2, 0.25) is 5.02 Å². The van der Waals surface area contributed by atoms with Crippen molar-refractivity contribution in [3.8, 4) is 0 Å². The maximum absolute atomic E-state index is 13.1. The van der Waals surface area contributed by atoms with E-state index >= 15 is 0 Å². The second kappa shape index (κ2) is 8.55. The number of carbonyl (C=O) groups excluding carboxylic acids is 1. The predicted molar refractivity (Wildman–Crippen MR) is 121 cm³/mol. The van der Waals surface area contributed by atoms with Crippen molar-refractivity contribution in [2.75, 3.05) is 0 Å². The molecule has 1 amide bonds. The highest BCUT2D eigenvalue weighted by molar-refractivity contribution is 9.10. The molecule has 0 atom stereocenters. The van der Waals surface area contributed by atoms with Crippen molar-refractivity contribution in [1.29, 1.82) is 0 Å². The molecule has 1 heterocycles. The molecule has 3 aromatic carbocycles. The monoisotopic (exact) mass is 463 g/mol. The number of rotatable bonds is 4. The molecule has 0 spiro atoms. The first kappa shape index (κ1) is 19.3. The number of hydrogen-bond acceptors (Lipinski definition) is 3. The molecule has 3 aromatic rings. The fourth-order valence-electron chi connectivity index (χ4n) is 2.83. The summed E-state index contributed by atoms with van der Waals surface area (Å²) in [4.78, 5) is 17.7. The van der Waals surface area contributed by atoms with Crippen molar-refractivity contribution >= 4 is 51.6 Å². The maximum Gasteiger partial charge on any atom is 0.298 e. The Labute approximate surface area is 182 Å². The molecule has 0 aliphatic carbocycles. The van der Waals surface area contributed by atoms with Gasteiger partial charge in [0.2, 0.25) is 0 Å². The Bertz CT molecular complexity index is 1160. The zero-order chi connectivity index (χ0) is 20.2. The molecule has 0 radical (unpaired) electrons. The van der Waals surface area contributed by atoms with Crippen LogP contribution in [-0.4, -0.2) is 23.0 Å². The number of benzene rings is 3. The lowest BCUT2D eigenvalue weighted by Crippen LogP contribution is -2.27. The molecule has 6 heteroatoms. The summed E-state index contributed by atoms with van der Waals surface area (Å²) < 4.78 is 0.884. The quantitative estimate of drug-likeness (QED) is 0.357. The van der Waals surface area contributed by atoms with Crippen molar-refractivity contribution in [2.45, 2.75) is 0 Å². The number of aliphatic imine (C=N–C) groups is 1. The van der Waals surface area contributed by atoms with Crippen LogP contribution in [0.5, 0.6) is 0 Å². The van der Waals surface area contributed by atoms with E-state index in [4.69, 9.17) is 11.6 Å². The van der Waals surface area contributed by atoms with Crippen LogP contribution >= 0.6 is 27.5 Å². The van der Waals surface area contributed by atoms with Crippen LogP contribution in [0.3, 0.4) is 0 Å². The highest BCUT2D eigenvalue weighted by Gasteiger charge is 2.31. The highest BCUT2D eigenvalue weighted by Crippen LogP contribution is 2.25. The summed E-state index contributed by atoms with van der Waals surface area (Å²) >= 11 is 9.72. The normalized spacial score (nSPS) is 15.4. The fourth-order valence-corrected chi connectivity index (χ4v) is 3.41. The van der Waals surface area contributed by atoms with Gasteiger partial charge >= 0.3 is 0 Å². The molecule has 0 aromatic heterocycles. The van der Waals surface area contributed by atoms with Gasteiger partial charge in [0.15, 0.2) is 5.84 Å². The molecule has 0 fully saturated rings. The molecular formula is C23H15BrClN3O. The molecule has 0 unspecified atom stereocenters. The molecule has 0 saturated carbocycles. The standard InChI is InChI=1S/C23H15BrClN3O/c24-19-12-6-4-10-17(19)14-21-23(29)28(22(27-21)16-8-2-1-3-9-16)26-15-18-11-5-7-13-20(18)25/h1-15H/b21-14+,26-15+. The van der Waals surface area contributed by atoms with E-state index in [9.17, 15) is 4.79 Å². The second-order valence-corrected chi connectivity index (χ2v) is 7.50. The maximum atomic E-state index is 13.1. The zero-order valence-electron chi connectivity index (χ0n) is 15.2. The first-order valence-corrected chi connectivity index (χ1v) is 10.0. The van der Waals surface area contributed by atoms with Crippen molar-refractivity contribution in [2.24, 2.45) is 10.1 Å². The zero-order valence-corrected chi connectivity index (χ0v) is 17.5. The first-order valence-electron chi connectivity index (χ1n) is 8.87. The van der Waals surface area contributed by atoms with Crippen LogP contribution < -0.4 is 0 Å². The van der Waals surface area contributed by atoms with Gasteiger partial charge < -0.3 is 0 Å². The number of amides is 1. The van der Waals surface area contributed by atoms with Crippen molar-refractivity contribution in [3.63, 3.8) is 0 Å². The van der Waals surface area contributed by atoms with Gasteiger partial charge in [-0.05, 0) is 23.8 Å². The lowest BCUT2D eigenvalue weighted by Gasteiger charge is -2.12. The molecule has 4 rings (SSSR count). The highest BCUT2D eigenvalue weighted by atomic mass is 79.9. The summed E-state index contributed by atoms with van der Waals surface area (Å²) in [5.74, 6) is 0.167. The average Bonchev–Trinajstić information content (AvgIpc) is 3.05. The van der Waals surface area contributed by atoms with E-state index in [1.54, 1.807) is 18.4 Å². The van der Waals surface area contributed by atoms with E-state index in [-0.39, 0.29) is 5.91 Å². The first-order chi connectivity index (χ1) is 14.1.